The Balaban J connectivity index is 0.00000261. The Kier molecular flexibility index (Phi) is 9.21. The van der Waals surface area contributed by atoms with Crippen LogP contribution < -0.4 is 10.6 Å². The van der Waals surface area contributed by atoms with Crippen LogP contribution in [0, 0.1) is 0 Å². The maximum Gasteiger partial charge on any atom is 0.239 e. The van der Waals surface area contributed by atoms with E-state index in [4.69, 9.17) is 0 Å². The number of hydrogen-bond donors (Lipinski definition) is 2. The number of halogens is 1. The van der Waals surface area contributed by atoms with E-state index in [1.807, 2.05) is 30.3 Å². The van der Waals surface area contributed by atoms with Crippen LogP contribution in [0.15, 0.2) is 35.3 Å². The Morgan fingerprint density at radius 1 is 1.19 bits per heavy atom. The van der Waals surface area contributed by atoms with Gasteiger partial charge in [0.25, 0.3) is 0 Å². The van der Waals surface area contributed by atoms with Crippen molar-refractivity contribution in [3.8, 4) is 0 Å². The zero-order valence-electron chi connectivity index (χ0n) is 16.1. The summed E-state index contributed by atoms with van der Waals surface area (Å²) in [7, 11) is 1.81. The van der Waals surface area contributed by atoms with E-state index >= 15 is 0 Å². The lowest BCUT2D eigenvalue weighted by molar-refractivity contribution is -0.120. The zero-order chi connectivity index (χ0) is 18.2. The molecular weight excluding hydrogens is 471 g/mol. The van der Waals surface area contributed by atoms with Crippen LogP contribution in [0.4, 0.5) is 0 Å². The quantitative estimate of drug-likeness (QED) is 0.377. The van der Waals surface area contributed by atoms with Crippen molar-refractivity contribution in [3.63, 3.8) is 0 Å². The maximum absolute atomic E-state index is 12.2. The van der Waals surface area contributed by atoms with Crippen LogP contribution in [0.1, 0.15) is 37.7 Å². The maximum atomic E-state index is 12.2. The van der Waals surface area contributed by atoms with Gasteiger partial charge in [-0.1, -0.05) is 49.6 Å². The second kappa shape index (κ2) is 11.1. The van der Waals surface area contributed by atoms with Gasteiger partial charge in [0, 0.05) is 37.2 Å². The number of carbonyl (C=O) groups is 1. The molecule has 1 aliphatic heterocycles. The lowest BCUT2D eigenvalue weighted by atomic mass is 9.87. The van der Waals surface area contributed by atoms with Crippen LogP contribution in [-0.4, -0.2) is 53.9 Å². The Labute approximate surface area is 184 Å². The smallest absolute Gasteiger partial charge is 0.239 e. The van der Waals surface area contributed by atoms with Gasteiger partial charge in [-0.3, -0.25) is 9.79 Å². The molecular formula is C20H31IN4OS. The highest BCUT2D eigenvalue weighted by molar-refractivity contribution is 14.0. The standard InChI is InChI=1S/C20H30N4OS.HI/c1-21-19(23-15-18(25)22-14-17-8-4-2-5-9-17)24-12-13-26-20(16-24)10-6-3-7-11-20;/h2,4-5,8-9H,3,6-7,10-16H2,1H3,(H,21,23)(H,22,25);1H. The summed E-state index contributed by atoms with van der Waals surface area (Å²) in [6.07, 6.45) is 6.67. The molecule has 1 saturated heterocycles. The van der Waals surface area contributed by atoms with Crippen molar-refractivity contribution in [1.29, 1.82) is 0 Å². The Hall–Kier alpha value is -0.960. The first-order chi connectivity index (χ1) is 12.7. The number of nitrogens with one attached hydrogen (secondary N) is 2. The molecule has 0 radical (unpaired) electrons. The summed E-state index contributed by atoms with van der Waals surface area (Å²) in [5.41, 5.74) is 1.11. The van der Waals surface area contributed by atoms with Crippen LogP contribution in [-0.2, 0) is 11.3 Å². The lowest BCUT2D eigenvalue weighted by Crippen LogP contribution is -2.54. The zero-order valence-corrected chi connectivity index (χ0v) is 19.2. The molecule has 7 heteroatoms. The average Bonchev–Trinajstić information content (AvgIpc) is 2.68. The summed E-state index contributed by atoms with van der Waals surface area (Å²) < 4.78 is 0.393. The van der Waals surface area contributed by atoms with Crippen molar-refractivity contribution in [2.24, 2.45) is 4.99 Å². The van der Waals surface area contributed by atoms with Crippen LogP contribution in [0.5, 0.6) is 0 Å². The number of guanidine groups is 1. The number of thioether (sulfide) groups is 1. The SMILES string of the molecule is CN=C(NCC(=O)NCc1ccccc1)N1CCSC2(CCCCC2)C1.I. The second-order valence-corrected chi connectivity index (χ2v) is 8.74. The molecule has 1 heterocycles. The van der Waals surface area contributed by atoms with Gasteiger partial charge in [-0.25, -0.2) is 0 Å². The van der Waals surface area contributed by atoms with E-state index in [0.29, 0.717) is 11.3 Å². The van der Waals surface area contributed by atoms with Crippen molar-refractivity contribution < 1.29 is 4.79 Å². The van der Waals surface area contributed by atoms with E-state index in [1.165, 1.54) is 32.1 Å². The summed E-state index contributed by atoms with van der Waals surface area (Å²) in [4.78, 5) is 18.9. The number of hydrogen-bond acceptors (Lipinski definition) is 3. The number of aliphatic imine (C=N–C) groups is 1. The highest BCUT2D eigenvalue weighted by atomic mass is 127. The van der Waals surface area contributed by atoms with E-state index in [0.717, 1.165) is 30.4 Å². The number of nitrogens with zero attached hydrogens (tertiary/aromatic N) is 2. The van der Waals surface area contributed by atoms with Crippen molar-refractivity contribution in [2.45, 2.75) is 43.4 Å². The minimum Gasteiger partial charge on any atom is -0.350 e. The predicted octanol–water partition coefficient (Wildman–Crippen LogP) is 3.25. The third-order valence-electron chi connectivity index (χ3n) is 5.26. The molecule has 5 nitrogen and oxygen atoms in total. The van der Waals surface area contributed by atoms with Gasteiger partial charge in [0.1, 0.15) is 0 Å². The summed E-state index contributed by atoms with van der Waals surface area (Å²) in [5.74, 6) is 1.99. The van der Waals surface area contributed by atoms with E-state index in [2.05, 4.69) is 32.3 Å². The monoisotopic (exact) mass is 502 g/mol. The molecule has 3 rings (SSSR count). The number of rotatable bonds is 4. The fraction of sp³-hybridized carbons (Fsp3) is 0.600. The van der Waals surface area contributed by atoms with E-state index in [9.17, 15) is 4.79 Å². The fourth-order valence-electron chi connectivity index (χ4n) is 3.87. The van der Waals surface area contributed by atoms with Gasteiger partial charge in [0.2, 0.25) is 5.91 Å². The number of carbonyl (C=O) groups excluding carboxylic acids is 1. The van der Waals surface area contributed by atoms with E-state index in [-0.39, 0.29) is 36.4 Å². The number of amides is 1. The molecule has 27 heavy (non-hydrogen) atoms. The highest BCUT2D eigenvalue weighted by Crippen LogP contribution is 2.42. The number of benzene rings is 1. The van der Waals surface area contributed by atoms with Gasteiger partial charge >= 0.3 is 0 Å². The third-order valence-corrected chi connectivity index (χ3v) is 6.80. The minimum atomic E-state index is -0.00577. The summed E-state index contributed by atoms with van der Waals surface area (Å²) in [5, 5.41) is 6.21. The van der Waals surface area contributed by atoms with E-state index < -0.39 is 0 Å². The molecule has 2 aliphatic rings. The second-order valence-electron chi connectivity index (χ2n) is 7.18. The summed E-state index contributed by atoms with van der Waals surface area (Å²) in [6.45, 7) is 2.86. The lowest BCUT2D eigenvalue weighted by Gasteiger charge is -2.45. The van der Waals surface area contributed by atoms with Gasteiger partial charge < -0.3 is 15.5 Å². The van der Waals surface area contributed by atoms with Crippen LogP contribution in [0.3, 0.4) is 0 Å². The van der Waals surface area contributed by atoms with Crippen molar-refractivity contribution in [1.82, 2.24) is 15.5 Å². The Bertz CT molecular complexity index is 614. The molecule has 0 atom stereocenters. The molecule has 0 bridgehead atoms. The van der Waals surface area contributed by atoms with Crippen molar-refractivity contribution in [2.75, 3.05) is 32.4 Å². The minimum absolute atomic E-state index is 0. The van der Waals surface area contributed by atoms with Crippen LogP contribution in [0.25, 0.3) is 0 Å². The fourth-order valence-corrected chi connectivity index (χ4v) is 5.44. The van der Waals surface area contributed by atoms with Gasteiger partial charge in [-0.15, -0.1) is 24.0 Å². The molecule has 2 N–H and O–H groups in total. The molecule has 150 valence electrons. The van der Waals surface area contributed by atoms with Gasteiger partial charge in [-0.05, 0) is 18.4 Å². The first-order valence-electron chi connectivity index (χ1n) is 9.61. The first kappa shape index (κ1) is 22.3. The highest BCUT2D eigenvalue weighted by Gasteiger charge is 2.38. The van der Waals surface area contributed by atoms with Gasteiger partial charge in [-0.2, -0.15) is 11.8 Å². The Morgan fingerprint density at radius 3 is 2.63 bits per heavy atom. The third kappa shape index (κ3) is 6.55. The largest absolute Gasteiger partial charge is 0.350 e. The summed E-state index contributed by atoms with van der Waals surface area (Å²) >= 11 is 2.14. The topological polar surface area (TPSA) is 56.7 Å². The molecule has 1 spiro atoms. The Morgan fingerprint density at radius 2 is 1.93 bits per heavy atom. The van der Waals surface area contributed by atoms with E-state index in [1.54, 1.807) is 7.05 Å². The van der Waals surface area contributed by atoms with Crippen LogP contribution >= 0.6 is 35.7 Å². The van der Waals surface area contributed by atoms with Crippen molar-refractivity contribution in [3.05, 3.63) is 35.9 Å². The first-order valence-corrected chi connectivity index (χ1v) is 10.6. The molecule has 0 unspecified atom stereocenters. The average molecular weight is 502 g/mol. The predicted molar refractivity (Wildman–Crippen MR) is 125 cm³/mol. The molecule has 1 saturated carbocycles. The summed E-state index contributed by atoms with van der Waals surface area (Å²) in [6, 6.07) is 9.98. The molecule has 1 amide bonds. The molecule has 2 fully saturated rings. The van der Waals surface area contributed by atoms with Gasteiger partial charge in [0.15, 0.2) is 5.96 Å². The molecule has 1 aromatic rings. The molecule has 1 aliphatic carbocycles. The van der Waals surface area contributed by atoms with Gasteiger partial charge in [0.05, 0.1) is 6.54 Å². The molecule has 1 aromatic carbocycles. The van der Waals surface area contributed by atoms with Crippen LogP contribution in [0.2, 0.25) is 0 Å². The molecule has 0 aromatic heterocycles. The normalized spacial score (nSPS) is 19.3. The van der Waals surface area contributed by atoms with Crippen molar-refractivity contribution >= 4 is 47.6 Å².